The van der Waals surface area contributed by atoms with Gasteiger partial charge in [0.2, 0.25) is 6.79 Å². The van der Waals surface area contributed by atoms with Gasteiger partial charge in [-0.05, 0) is 31.2 Å². The fraction of sp³-hybridized carbons (Fsp3) is 0.188. The normalized spacial score (nSPS) is 14.0. The van der Waals surface area contributed by atoms with Crippen LogP contribution in [0.1, 0.15) is 18.0 Å². The Bertz CT molecular complexity index is 822. The van der Waals surface area contributed by atoms with E-state index in [2.05, 4.69) is 22.0 Å². The van der Waals surface area contributed by atoms with Crippen LogP contribution in [0.2, 0.25) is 0 Å². The van der Waals surface area contributed by atoms with Crippen LogP contribution in [-0.4, -0.2) is 26.5 Å². The Morgan fingerprint density at radius 2 is 2.04 bits per heavy atom. The lowest BCUT2D eigenvalue weighted by molar-refractivity contribution is 0.174. The minimum absolute atomic E-state index is 0.109. The molecule has 0 saturated heterocycles. The molecule has 1 aliphatic rings. The zero-order chi connectivity index (χ0) is 15.6. The highest BCUT2D eigenvalue weighted by Crippen LogP contribution is 2.36. The monoisotopic (exact) mass is 326 g/mol. The van der Waals surface area contributed by atoms with Crippen molar-refractivity contribution in [2.24, 2.45) is 0 Å². The maximum Gasteiger partial charge on any atom is 0.231 e. The fourth-order valence-corrected chi connectivity index (χ4v) is 3.30. The van der Waals surface area contributed by atoms with Crippen LogP contribution >= 0.6 is 11.8 Å². The molecule has 2 aromatic heterocycles. The van der Waals surface area contributed by atoms with Crippen LogP contribution in [0.15, 0.2) is 53.9 Å². The summed E-state index contributed by atoms with van der Waals surface area (Å²) >= 11 is 1.65. The summed E-state index contributed by atoms with van der Waals surface area (Å²) < 4.78 is 12.6. The van der Waals surface area contributed by atoms with Crippen molar-refractivity contribution in [3.63, 3.8) is 0 Å². The maximum atomic E-state index is 5.43. The SMILES string of the molecule is CC(Sc1ccccn1)c1ncnn1-c1ccc2c(c1)OCO2. The summed E-state index contributed by atoms with van der Waals surface area (Å²) in [5, 5.41) is 5.42. The zero-order valence-electron chi connectivity index (χ0n) is 12.4. The van der Waals surface area contributed by atoms with E-state index in [9.17, 15) is 0 Å². The predicted molar refractivity (Wildman–Crippen MR) is 86.0 cm³/mol. The highest BCUT2D eigenvalue weighted by atomic mass is 32.2. The van der Waals surface area contributed by atoms with Gasteiger partial charge in [-0.2, -0.15) is 5.10 Å². The maximum absolute atomic E-state index is 5.43. The van der Waals surface area contributed by atoms with Gasteiger partial charge in [0.15, 0.2) is 11.5 Å². The van der Waals surface area contributed by atoms with Crippen LogP contribution in [0.25, 0.3) is 5.69 Å². The van der Waals surface area contributed by atoms with Gasteiger partial charge in [-0.15, -0.1) is 0 Å². The number of hydrogen-bond donors (Lipinski definition) is 0. The molecule has 0 spiro atoms. The Morgan fingerprint density at radius 1 is 1.13 bits per heavy atom. The van der Waals surface area contributed by atoms with Crippen molar-refractivity contribution in [3.05, 3.63) is 54.7 Å². The third-order valence-electron chi connectivity index (χ3n) is 3.47. The van der Waals surface area contributed by atoms with Gasteiger partial charge in [0.1, 0.15) is 12.2 Å². The molecule has 0 saturated carbocycles. The lowest BCUT2D eigenvalue weighted by Gasteiger charge is -2.12. The fourth-order valence-electron chi connectivity index (χ4n) is 2.39. The van der Waals surface area contributed by atoms with E-state index in [-0.39, 0.29) is 12.0 Å². The van der Waals surface area contributed by atoms with Gasteiger partial charge in [0.25, 0.3) is 0 Å². The molecule has 0 bridgehead atoms. The van der Waals surface area contributed by atoms with Gasteiger partial charge in [-0.3, -0.25) is 0 Å². The van der Waals surface area contributed by atoms with E-state index in [1.165, 1.54) is 0 Å². The first-order chi connectivity index (χ1) is 11.3. The van der Waals surface area contributed by atoms with Crippen LogP contribution < -0.4 is 9.47 Å². The Hall–Kier alpha value is -2.54. The van der Waals surface area contributed by atoms with Crippen molar-refractivity contribution in [2.75, 3.05) is 6.79 Å². The minimum Gasteiger partial charge on any atom is -0.454 e. The molecule has 0 amide bonds. The Morgan fingerprint density at radius 3 is 2.91 bits per heavy atom. The first-order valence-corrected chi connectivity index (χ1v) is 8.07. The molecule has 1 aromatic carbocycles. The first kappa shape index (κ1) is 14.1. The molecule has 6 nitrogen and oxygen atoms in total. The number of nitrogens with zero attached hydrogens (tertiary/aromatic N) is 4. The van der Waals surface area contributed by atoms with E-state index in [4.69, 9.17) is 9.47 Å². The third-order valence-corrected chi connectivity index (χ3v) is 4.52. The van der Waals surface area contributed by atoms with E-state index in [0.717, 1.165) is 28.0 Å². The molecule has 3 aromatic rings. The van der Waals surface area contributed by atoms with E-state index in [0.29, 0.717) is 0 Å². The number of pyridine rings is 1. The Balaban J connectivity index is 1.63. The standard InChI is InChI=1S/C16H14N4O2S/c1-11(23-15-4-2-3-7-17-15)16-18-9-19-20(16)12-5-6-13-14(8-12)22-10-21-13/h2-9,11H,10H2,1H3. The zero-order valence-corrected chi connectivity index (χ0v) is 13.2. The second-order valence-electron chi connectivity index (χ2n) is 5.00. The number of benzene rings is 1. The molecule has 23 heavy (non-hydrogen) atoms. The van der Waals surface area contributed by atoms with Gasteiger partial charge in [-0.1, -0.05) is 17.8 Å². The van der Waals surface area contributed by atoms with Crippen LogP contribution in [0.4, 0.5) is 0 Å². The number of aromatic nitrogens is 4. The minimum atomic E-state index is 0.109. The molecular weight excluding hydrogens is 312 g/mol. The molecule has 1 unspecified atom stereocenters. The number of fused-ring (bicyclic) bond motifs is 1. The van der Waals surface area contributed by atoms with Gasteiger partial charge in [0, 0.05) is 12.3 Å². The van der Waals surface area contributed by atoms with E-state index in [1.54, 1.807) is 24.3 Å². The molecule has 0 fully saturated rings. The summed E-state index contributed by atoms with van der Waals surface area (Å²) in [7, 11) is 0. The van der Waals surface area contributed by atoms with Crippen LogP contribution in [0, 0.1) is 0 Å². The number of rotatable bonds is 4. The molecule has 4 rings (SSSR count). The summed E-state index contributed by atoms with van der Waals surface area (Å²) in [4.78, 5) is 8.76. The molecule has 1 aliphatic heterocycles. The molecule has 0 radical (unpaired) electrons. The van der Waals surface area contributed by atoms with Crippen molar-refractivity contribution in [2.45, 2.75) is 17.2 Å². The Kier molecular flexibility index (Phi) is 3.63. The second kappa shape index (κ2) is 5.92. The lowest BCUT2D eigenvalue weighted by atomic mass is 10.2. The van der Waals surface area contributed by atoms with Crippen molar-refractivity contribution < 1.29 is 9.47 Å². The third kappa shape index (κ3) is 2.75. The smallest absolute Gasteiger partial charge is 0.231 e. The predicted octanol–water partition coefficient (Wildman–Crippen LogP) is 3.24. The second-order valence-corrected chi connectivity index (χ2v) is 6.36. The van der Waals surface area contributed by atoms with E-state index in [1.807, 2.05) is 41.1 Å². The summed E-state index contributed by atoms with van der Waals surface area (Å²) in [5.41, 5.74) is 0.898. The molecule has 7 heteroatoms. The summed E-state index contributed by atoms with van der Waals surface area (Å²) in [6.45, 7) is 2.35. The number of ether oxygens (including phenoxy) is 2. The van der Waals surface area contributed by atoms with Crippen LogP contribution in [0.3, 0.4) is 0 Å². The quantitative estimate of drug-likeness (QED) is 0.686. The van der Waals surface area contributed by atoms with Crippen molar-refractivity contribution in [1.29, 1.82) is 0 Å². The molecule has 3 heterocycles. The molecule has 1 atom stereocenters. The summed E-state index contributed by atoms with van der Waals surface area (Å²) in [6.07, 6.45) is 3.35. The Labute approximate surface area is 137 Å². The average molecular weight is 326 g/mol. The number of hydrogen-bond acceptors (Lipinski definition) is 6. The topological polar surface area (TPSA) is 62.1 Å². The van der Waals surface area contributed by atoms with Crippen molar-refractivity contribution in [3.8, 4) is 17.2 Å². The van der Waals surface area contributed by atoms with Gasteiger partial charge < -0.3 is 9.47 Å². The summed E-state index contributed by atoms with van der Waals surface area (Å²) in [6, 6.07) is 11.6. The lowest BCUT2D eigenvalue weighted by Crippen LogP contribution is -2.05. The highest BCUT2D eigenvalue weighted by molar-refractivity contribution is 7.99. The summed E-state index contributed by atoms with van der Waals surface area (Å²) in [5.74, 6) is 2.35. The van der Waals surface area contributed by atoms with E-state index < -0.39 is 0 Å². The van der Waals surface area contributed by atoms with E-state index >= 15 is 0 Å². The molecule has 0 aliphatic carbocycles. The average Bonchev–Trinajstić information content (AvgIpc) is 3.24. The van der Waals surface area contributed by atoms with Gasteiger partial charge >= 0.3 is 0 Å². The van der Waals surface area contributed by atoms with Crippen LogP contribution in [-0.2, 0) is 0 Å². The number of thioether (sulfide) groups is 1. The van der Waals surface area contributed by atoms with Crippen molar-refractivity contribution in [1.82, 2.24) is 19.7 Å². The highest BCUT2D eigenvalue weighted by Gasteiger charge is 2.19. The first-order valence-electron chi connectivity index (χ1n) is 7.19. The van der Waals surface area contributed by atoms with Crippen LogP contribution in [0.5, 0.6) is 11.5 Å². The van der Waals surface area contributed by atoms with Gasteiger partial charge in [0.05, 0.1) is 16.0 Å². The van der Waals surface area contributed by atoms with Crippen molar-refractivity contribution >= 4 is 11.8 Å². The molecule has 116 valence electrons. The largest absolute Gasteiger partial charge is 0.454 e. The molecular formula is C16H14N4O2S. The van der Waals surface area contributed by atoms with Gasteiger partial charge in [-0.25, -0.2) is 14.6 Å². The molecule has 0 N–H and O–H groups in total.